The summed E-state index contributed by atoms with van der Waals surface area (Å²) in [5, 5.41) is 3.83. The van der Waals surface area contributed by atoms with Crippen molar-refractivity contribution >= 4 is 11.8 Å². The number of ether oxygens (including phenoxy) is 1. The number of rotatable bonds is 6. The van der Waals surface area contributed by atoms with Crippen LogP contribution in [0.1, 0.15) is 37.0 Å². The summed E-state index contributed by atoms with van der Waals surface area (Å²) in [6, 6.07) is 7.48. The van der Waals surface area contributed by atoms with Crippen LogP contribution in [0.3, 0.4) is 0 Å². The van der Waals surface area contributed by atoms with Crippen molar-refractivity contribution in [2.24, 2.45) is 0 Å². The topological polar surface area (TPSA) is 38.5 Å². The Morgan fingerprint density at radius 2 is 2.04 bits per heavy atom. The van der Waals surface area contributed by atoms with Crippen molar-refractivity contribution in [3.05, 3.63) is 47.4 Å². The fourth-order valence-corrected chi connectivity index (χ4v) is 3.17. The normalized spacial score (nSPS) is 15.1. The van der Waals surface area contributed by atoms with E-state index >= 15 is 0 Å². The number of benzene rings is 1. The highest BCUT2D eigenvalue weighted by Crippen LogP contribution is 2.27. The molecule has 0 bridgehead atoms. The number of aryl methyl sites for hydroxylation is 1. The van der Waals surface area contributed by atoms with Gasteiger partial charge in [0, 0.05) is 19.5 Å². The van der Waals surface area contributed by atoms with Crippen LogP contribution in [-0.4, -0.2) is 31.0 Å². The molecule has 0 amide bonds. The number of halogens is 3. The first-order valence-corrected chi connectivity index (χ1v) is 9.06. The third kappa shape index (κ3) is 5.77. The lowest BCUT2D eigenvalue weighted by Gasteiger charge is -2.29. The molecule has 0 aliphatic carbocycles. The Labute approximate surface area is 156 Å². The maximum atomic E-state index is 12.2. The summed E-state index contributed by atoms with van der Waals surface area (Å²) in [5.74, 6) is 1.43. The molecular formula is C20H23F3N2O2. The van der Waals surface area contributed by atoms with Crippen LogP contribution in [-0.2, 0) is 0 Å². The lowest BCUT2D eigenvalue weighted by Crippen LogP contribution is -2.30. The van der Waals surface area contributed by atoms with E-state index in [9.17, 15) is 13.2 Å². The van der Waals surface area contributed by atoms with Crippen molar-refractivity contribution in [3.63, 3.8) is 0 Å². The zero-order valence-corrected chi connectivity index (χ0v) is 15.3. The van der Waals surface area contributed by atoms with Gasteiger partial charge in [-0.15, -0.1) is 0 Å². The van der Waals surface area contributed by atoms with Gasteiger partial charge in [-0.2, -0.15) is 13.2 Å². The molecule has 0 unspecified atom stereocenters. The van der Waals surface area contributed by atoms with Gasteiger partial charge in [-0.25, -0.2) is 0 Å². The van der Waals surface area contributed by atoms with Crippen LogP contribution in [0.4, 0.5) is 18.9 Å². The van der Waals surface area contributed by atoms with Gasteiger partial charge in [0.05, 0.1) is 12.8 Å². The summed E-state index contributed by atoms with van der Waals surface area (Å²) in [5.41, 5.74) is 3.39. The van der Waals surface area contributed by atoms with Crippen LogP contribution in [0.15, 0.2) is 40.6 Å². The molecule has 146 valence electrons. The highest BCUT2D eigenvalue weighted by Gasteiger charge is 2.26. The summed E-state index contributed by atoms with van der Waals surface area (Å²) < 4.78 is 47.1. The van der Waals surface area contributed by atoms with Gasteiger partial charge >= 0.3 is 6.18 Å². The van der Waals surface area contributed by atoms with Gasteiger partial charge in [0.25, 0.3) is 0 Å². The molecule has 3 rings (SSSR count). The predicted molar refractivity (Wildman–Crippen MR) is 97.9 cm³/mol. The van der Waals surface area contributed by atoms with Crippen molar-refractivity contribution in [1.82, 2.24) is 5.16 Å². The molecule has 0 N–H and O–H groups in total. The molecular weight excluding hydrogens is 357 g/mol. The summed E-state index contributed by atoms with van der Waals surface area (Å²) in [4.78, 5) is 2.27. The van der Waals surface area contributed by atoms with E-state index in [2.05, 4.69) is 16.1 Å². The van der Waals surface area contributed by atoms with Crippen molar-refractivity contribution in [2.75, 3.05) is 24.6 Å². The van der Waals surface area contributed by atoms with Crippen molar-refractivity contribution < 1.29 is 22.4 Å². The first kappa shape index (κ1) is 19.3. The average Bonchev–Trinajstić information content (AvgIpc) is 3.05. The second-order valence-corrected chi connectivity index (χ2v) is 6.70. The molecule has 2 aromatic rings. The minimum Gasteiger partial charge on any atom is -0.494 e. The molecule has 0 atom stereocenters. The van der Waals surface area contributed by atoms with Crippen LogP contribution in [0.5, 0.6) is 5.75 Å². The van der Waals surface area contributed by atoms with E-state index in [0.717, 1.165) is 42.9 Å². The third-order valence-electron chi connectivity index (χ3n) is 4.57. The Balaban J connectivity index is 1.52. The van der Waals surface area contributed by atoms with E-state index in [-0.39, 0.29) is 13.0 Å². The van der Waals surface area contributed by atoms with Gasteiger partial charge in [0.15, 0.2) is 5.76 Å². The number of anilines is 1. The minimum atomic E-state index is -4.13. The van der Waals surface area contributed by atoms with Crippen LogP contribution in [0.2, 0.25) is 0 Å². The van der Waals surface area contributed by atoms with Gasteiger partial charge in [-0.3, -0.25) is 0 Å². The number of nitrogens with zero attached hydrogens (tertiary/aromatic N) is 2. The van der Waals surface area contributed by atoms with E-state index in [0.29, 0.717) is 5.75 Å². The van der Waals surface area contributed by atoms with Crippen LogP contribution in [0.25, 0.3) is 6.08 Å². The molecule has 1 aromatic carbocycles. The number of piperidine rings is 1. The molecule has 1 aliphatic heterocycles. The Bertz CT molecular complexity index is 774. The number of hydrogen-bond acceptors (Lipinski definition) is 4. The van der Waals surface area contributed by atoms with Crippen LogP contribution < -0.4 is 9.64 Å². The van der Waals surface area contributed by atoms with Gasteiger partial charge < -0.3 is 14.2 Å². The molecule has 1 saturated heterocycles. The highest BCUT2D eigenvalue weighted by molar-refractivity contribution is 5.56. The monoisotopic (exact) mass is 380 g/mol. The second kappa shape index (κ2) is 8.50. The van der Waals surface area contributed by atoms with E-state index < -0.39 is 12.6 Å². The summed E-state index contributed by atoms with van der Waals surface area (Å²) >= 11 is 0. The van der Waals surface area contributed by atoms with Crippen molar-refractivity contribution in [1.29, 1.82) is 0 Å². The molecule has 1 aromatic heterocycles. The average molecular weight is 380 g/mol. The largest absolute Gasteiger partial charge is 0.494 e. The number of hydrogen-bond donors (Lipinski definition) is 0. The molecule has 7 heteroatoms. The van der Waals surface area contributed by atoms with E-state index in [1.807, 2.05) is 25.1 Å². The quantitative estimate of drug-likeness (QED) is 0.630. The lowest BCUT2D eigenvalue weighted by molar-refractivity contribution is -0.136. The Kier molecular flexibility index (Phi) is 6.08. The molecule has 27 heavy (non-hydrogen) atoms. The van der Waals surface area contributed by atoms with Crippen molar-refractivity contribution in [2.45, 2.75) is 38.8 Å². The summed E-state index contributed by atoms with van der Waals surface area (Å²) in [7, 11) is 0. The first-order valence-electron chi connectivity index (χ1n) is 9.06. The zero-order valence-electron chi connectivity index (χ0n) is 15.3. The molecule has 1 aliphatic rings. The maximum Gasteiger partial charge on any atom is 0.389 e. The maximum absolute atomic E-state index is 12.2. The standard InChI is InChI=1S/C20H23F3N2O2/c1-15-19(14-24-27-15)25-9-6-16(7-10-25)12-17-4-2-5-18(13-17)26-11-3-8-20(21,22)23/h2,4-5,12-14H,3,6-11H2,1H3. The summed E-state index contributed by atoms with van der Waals surface area (Å²) in [6.45, 7) is 3.78. The van der Waals surface area contributed by atoms with Crippen LogP contribution >= 0.6 is 0 Å². The van der Waals surface area contributed by atoms with E-state index in [4.69, 9.17) is 9.26 Å². The van der Waals surface area contributed by atoms with Gasteiger partial charge in [-0.1, -0.05) is 28.9 Å². The van der Waals surface area contributed by atoms with Crippen molar-refractivity contribution in [3.8, 4) is 5.75 Å². The zero-order chi connectivity index (χ0) is 19.3. The summed E-state index contributed by atoms with van der Waals surface area (Å²) in [6.07, 6.45) is 0.800. The fraction of sp³-hybridized carbons (Fsp3) is 0.450. The van der Waals surface area contributed by atoms with E-state index in [1.165, 1.54) is 5.57 Å². The third-order valence-corrected chi connectivity index (χ3v) is 4.57. The predicted octanol–water partition coefficient (Wildman–Crippen LogP) is 5.39. The molecule has 2 heterocycles. The smallest absolute Gasteiger partial charge is 0.389 e. The Morgan fingerprint density at radius 3 is 2.70 bits per heavy atom. The SMILES string of the molecule is Cc1oncc1N1CCC(=Cc2cccc(OCCCC(F)(F)F)c2)CC1. The number of alkyl halides is 3. The van der Waals surface area contributed by atoms with Crippen LogP contribution in [0, 0.1) is 6.92 Å². The van der Waals surface area contributed by atoms with E-state index in [1.54, 1.807) is 12.3 Å². The molecule has 0 saturated carbocycles. The fourth-order valence-electron chi connectivity index (χ4n) is 3.17. The number of aromatic nitrogens is 1. The lowest BCUT2D eigenvalue weighted by atomic mass is 10.0. The molecule has 0 spiro atoms. The molecule has 1 fully saturated rings. The minimum absolute atomic E-state index is 0.0348. The second-order valence-electron chi connectivity index (χ2n) is 6.70. The first-order chi connectivity index (χ1) is 12.9. The Hall–Kier alpha value is -2.44. The molecule has 4 nitrogen and oxygen atoms in total. The van der Waals surface area contributed by atoms with Gasteiger partial charge in [0.2, 0.25) is 0 Å². The Morgan fingerprint density at radius 1 is 1.26 bits per heavy atom. The highest BCUT2D eigenvalue weighted by atomic mass is 19.4. The van der Waals surface area contributed by atoms with Gasteiger partial charge in [-0.05, 0) is 43.9 Å². The molecule has 0 radical (unpaired) electrons. The van der Waals surface area contributed by atoms with Gasteiger partial charge in [0.1, 0.15) is 11.4 Å².